The van der Waals surface area contributed by atoms with Crippen LogP contribution in [-0.2, 0) is 0 Å². The minimum absolute atomic E-state index is 0.115. The molecule has 0 spiro atoms. The van der Waals surface area contributed by atoms with Crippen molar-refractivity contribution < 1.29 is 9.53 Å². The molecule has 0 N–H and O–H groups in total. The van der Waals surface area contributed by atoms with Gasteiger partial charge < -0.3 is 4.74 Å². The van der Waals surface area contributed by atoms with E-state index < -0.39 is 0 Å². The van der Waals surface area contributed by atoms with Gasteiger partial charge in [-0.1, -0.05) is 30.7 Å². The zero-order valence-corrected chi connectivity index (χ0v) is 11.4. The first kappa shape index (κ1) is 13.6. The number of ether oxygens (including phenoxy) is 1. The first-order chi connectivity index (χ1) is 9.22. The highest BCUT2D eigenvalue weighted by molar-refractivity contribution is 6.29. The fourth-order valence-electron chi connectivity index (χ4n) is 1.66. The van der Waals surface area contributed by atoms with Crippen LogP contribution in [0.3, 0.4) is 0 Å². The molecule has 0 aliphatic carbocycles. The van der Waals surface area contributed by atoms with Gasteiger partial charge in [0.05, 0.1) is 12.2 Å². The van der Waals surface area contributed by atoms with E-state index in [0.29, 0.717) is 28.6 Å². The Morgan fingerprint density at radius 3 is 2.74 bits per heavy atom. The third kappa shape index (κ3) is 3.32. The molecule has 0 aliphatic rings. The Bertz CT molecular complexity index is 567. The van der Waals surface area contributed by atoms with E-state index in [9.17, 15) is 4.79 Å². The number of nitrogens with zero attached hydrogens (tertiary/aromatic N) is 1. The van der Waals surface area contributed by atoms with Crippen LogP contribution in [0.4, 0.5) is 0 Å². The number of halogens is 1. The number of hydrogen-bond donors (Lipinski definition) is 0. The molecular weight excluding hydrogens is 262 g/mol. The minimum atomic E-state index is -0.115. The second-order valence-electron chi connectivity index (χ2n) is 4.04. The van der Waals surface area contributed by atoms with E-state index >= 15 is 0 Å². The fourth-order valence-corrected chi connectivity index (χ4v) is 1.77. The molecule has 1 aromatic heterocycles. The van der Waals surface area contributed by atoms with Crippen LogP contribution in [-0.4, -0.2) is 17.4 Å². The lowest BCUT2D eigenvalue weighted by Crippen LogP contribution is -2.06. The van der Waals surface area contributed by atoms with Gasteiger partial charge >= 0.3 is 0 Å². The zero-order chi connectivity index (χ0) is 13.7. The predicted molar refractivity (Wildman–Crippen MR) is 74.9 cm³/mol. The molecule has 1 aromatic carbocycles. The average molecular weight is 276 g/mol. The second kappa shape index (κ2) is 6.34. The minimum Gasteiger partial charge on any atom is -0.493 e. The lowest BCUT2D eigenvalue weighted by atomic mass is 10.0. The van der Waals surface area contributed by atoms with Crippen molar-refractivity contribution in [2.45, 2.75) is 13.3 Å². The van der Waals surface area contributed by atoms with Crippen molar-refractivity contribution in [1.82, 2.24) is 4.98 Å². The Labute approximate surface area is 117 Å². The maximum Gasteiger partial charge on any atom is 0.198 e. The molecular formula is C15H14ClNO2. The van der Waals surface area contributed by atoms with Crippen molar-refractivity contribution in [2.75, 3.05) is 6.61 Å². The Kier molecular flexibility index (Phi) is 4.53. The lowest BCUT2D eigenvalue weighted by molar-refractivity contribution is 0.103. The monoisotopic (exact) mass is 275 g/mol. The molecule has 0 atom stereocenters. The summed E-state index contributed by atoms with van der Waals surface area (Å²) in [5.74, 6) is 0.486. The third-order valence-electron chi connectivity index (χ3n) is 2.58. The highest BCUT2D eigenvalue weighted by Gasteiger charge is 2.14. The third-order valence-corrected chi connectivity index (χ3v) is 2.81. The van der Waals surface area contributed by atoms with E-state index in [4.69, 9.17) is 16.3 Å². The SMILES string of the molecule is CCCOc1ccccc1C(=O)c1ccc(Cl)nc1. The van der Waals surface area contributed by atoms with Gasteiger partial charge in [-0.15, -0.1) is 0 Å². The predicted octanol–water partition coefficient (Wildman–Crippen LogP) is 3.75. The van der Waals surface area contributed by atoms with Crippen molar-refractivity contribution in [3.63, 3.8) is 0 Å². The lowest BCUT2D eigenvalue weighted by Gasteiger charge is -2.09. The summed E-state index contributed by atoms with van der Waals surface area (Å²) in [6.45, 7) is 2.61. The first-order valence-electron chi connectivity index (χ1n) is 6.10. The standard InChI is InChI=1S/C15H14ClNO2/c1-2-9-19-13-6-4-3-5-12(13)15(18)11-7-8-14(16)17-10-11/h3-8,10H,2,9H2,1H3. The number of pyridine rings is 1. The topological polar surface area (TPSA) is 39.2 Å². The van der Waals surface area contributed by atoms with Crippen molar-refractivity contribution >= 4 is 17.4 Å². The fraction of sp³-hybridized carbons (Fsp3) is 0.200. The van der Waals surface area contributed by atoms with E-state index in [1.54, 1.807) is 24.3 Å². The van der Waals surface area contributed by atoms with Crippen LogP contribution in [0.2, 0.25) is 5.15 Å². The van der Waals surface area contributed by atoms with Crippen LogP contribution in [0.5, 0.6) is 5.75 Å². The van der Waals surface area contributed by atoms with Crippen LogP contribution in [0.15, 0.2) is 42.6 Å². The normalized spacial score (nSPS) is 10.2. The Balaban J connectivity index is 2.30. The highest BCUT2D eigenvalue weighted by atomic mass is 35.5. The first-order valence-corrected chi connectivity index (χ1v) is 6.48. The van der Waals surface area contributed by atoms with Gasteiger partial charge in [0.25, 0.3) is 0 Å². The molecule has 0 fully saturated rings. The molecule has 0 unspecified atom stereocenters. The highest BCUT2D eigenvalue weighted by Crippen LogP contribution is 2.22. The molecule has 0 bridgehead atoms. The summed E-state index contributed by atoms with van der Waals surface area (Å²) >= 11 is 5.72. The summed E-state index contributed by atoms with van der Waals surface area (Å²) in [6, 6.07) is 10.5. The number of ketones is 1. The van der Waals surface area contributed by atoms with Gasteiger partial charge in [-0.3, -0.25) is 4.79 Å². The average Bonchev–Trinajstić information content (AvgIpc) is 2.45. The molecule has 1 heterocycles. The number of aromatic nitrogens is 1. The van der Waals surface area contributed by atoms with Crippen molar-refractivity contribution in [3.05, 3.63) is 58.9 Å². The number of benzene rings is 1. The summed E-state index contributed by atoms with van der Waals surface area (Å²) in [6.07, 6.45) is 2.37. The van der Waals surface area contributed by atoms with Gasteiger partial charge in [0, 0.05) is 11.8 Å². The molecule has 19 heavy (non-hydrogen) atoms. The van der Waals surface area contributed by atoms with E-state index in [0.717, 1.165) is 6.42 Å². The van der Waals surface area contributed by atoms with E-state index in [2.05, 4.69) is 4.98 Å². The number of rotatable bonds is 5. The van der Waals surface area contributed by atoms with Crippen molar-refractivity contribution in [3.8, 4) is 5.75 Å². The van der Waals surface area contributed by atoms with E-state index in [1.165, 1.54) is 6.20 Å². The van der Waals surface area contributed by atoms with Crippen LogP contribution >= 0.6 is 11.6 Å². The molecule has 0 saturated carbocycles. The summed E-state index contributed by atoms with van der Waals surface area (Å²) < 4.78 is 5.59. The molecule has 2 aromatic rings. The van der Waals surface area contributed by atoms with Gasteiger partial charge in [0.15, 0.2) is 5.78 Å². The molecule has 0 aliphatic heterocycles. The summed E-state index contributed by atoms with van der Waals surface area (Å²) in [4.78, 5) is 16.3. The van der Waals surface area contributed by atoms with E-state index in [1.807, 2.05) is 19.1 Å². The van der Waals surface area contributed by atoms with Gasteiger partial charge in [0.1, 0.15) is 10.9 Å². The number of para-hydroxylation sites is 1. The summed E-state index contributed by atoms with van der Waals surface area (Å²) in [5, 5.41) is 0.368. The number of hydrogen-bond acceptors (Lipinski definition) is 3. The largest absolute Gasteiger partial charge is 0.493 e. The Hall–Kier alpha value is -1.87. The van der Waals surface area contributed by atoms with Gasteiger partial charge in [-0.2, -0.15) is 0 Å². The quantitative estimate of drug-likeness (QED) is 0.616. The molecule has 0 radical (unpaired) electrons. The van der Waals surface area contributed by atoms with Crippen molar-refractivity contribution in [2.24, 2.45) is 0 Å². The number of carbonyl (C=O) groups is 1. The van der Waals surface area contributed by atoms with Gasteiger partial charge in [-0.25, -0.2) is 4.98 Å². The molecule has 2 rings (SSSR count). The van der Waals surface area contributed by atoms with Gasteiger partial charge in [0.2, 0.25) is 0 Å². The Morgan fingerprint density at radius 2 is 2.05 bits per heavy atom. The van der Waals surface area contributed by atoms with E-state index in [-0.39, 0.29) is 5.78 Å². The molecule has 0 saturated heterocycles. The maximum absolute atomic E-state index is 12.4. The summed E-state index contributed by atoms with van der Waals surface area (Å²) in [7, 11) is 0. The van der Waals surface area contributed by atoms with Crippen LogP contribution < -0.4 is 4.74 Å². The maximum atomic E-state index is 12.4. The molecule has 3 nitrogen and oxygen atoms in total. The van der Waals surface area contributed by atoms with Crippen molar-refractivity contribution in [1.29, 1.82) is 0 Å². The zero-order valence-electron chi connectivity index (χ0n) is 10.6. The molecule has 4 heteroatoms. The second-order valence-corrected chi connectivity index (χ2v) is 4.43. The Morgan fingerprint density at radius 1 is 1.26 bits per heavy atom. The van der Waals surface area contributed by atoms with Crippen LogP contribution in [0, 0.1) is 0 Å². The molecule has 0 amide bonds. The summed E-state index contributed by atoms with van der Waals surface area (Å²) in [5.41, 5.74) is 1.04. The smallest absolute Gasteiger partial charge is 0.198 e. The van der Waals surface area contributed by atoms with Crippen LogP contribution in [0.25, 0.3) is 0 Å². The van der Waals surface area contributed by atoms with Crippen LogP contribution in [0.1, 0.15) is 29.3 Å². The molecule has 98 valence electrons. The van der Waals surface area contributed by atoms with Gasteiger partial charge in [-0.05, 0) is 30.7 Å². The number of carbonyl (C=O) groups excluding carboxylic acids is 1.